The molecule has 0 spiro atoms. The molecule has 0 saturated heterocycles. The van der Waals surface area contributed by atoms with Gasteiger partial charge in [0.25, 0.3) is 0 Å². The molecule has 0 unspecified atom stereocenters. The maximum Gasteiger partial charge on any atom is 0.172 e. The van der Waals surface area contributed by atoms with Crippen molar-refractivity contribution >= 4 is 17.1 Å². The van der Waals surface area contributed by atoms with Crippen molar-refractivity contribution in [3.63, 3.8) is 0 Å². The zero-order chi connectivity index (χ0) is 15.6. The third-order valence-corrected chi connectivity index (χ3v) is 4.83. The van der Waals surface area contributed by atoms with Gasteiger partial charge < -0.3 is 0 Å². The van der Waals surface area contributed by atoms with E-state index in [0.717, 1.165) is 35.9 Å². The summed E-state index contributed by atoms with van der Waals surface area (Å²) in [6.07, 6.45) is 6.77. The summed E-state index contributed by atoms with van der Waals surface area (Å²) in [7, 11) is 0. The topological polar surface area (TPSA) is 47.8 Å². The van der Waals surface area contributed by atoms with Crippen LogP contribution >= 0.6 is 0 Å². The van der Waals surface area contributed by atoms with E-state index in [2.05, 4.69) is 34.6 Å². The van der Waals surface area contributed by atoms with Crippen LogP contribution in [0.1, 0.15) is 54.2 Å². The molecule has 1 fully saturated rings. The van der Waals surface area contributed by atoms with Crippen LogP contribution in [0.15, 0.2) is 42.5 Å². The van der Waals surface area contributed by atoms with Crippen LogP contribution in [-0.4, -0.2) is 21.3 Å². The molecule has 2 aromatic carbocycles. The van der Waals surface area contributed by atoms with Crippen molar-refractivity contribution in [1.29, 1.82) is 0 Å². The Balaban J connectivity index is 1.91. The Morgan fingerprint density at radius 3 is 2.61 bits per heavy atom. The number of carbonyl (C=O) groups is 1. The molecule has 4 nitrogen and oxygen atoms in total. The molecule has 1 aromatic heterocycles. The predicted molar refractivity (Wildman–Crippen MR) is 90.1 cm³/mol. The van der Waals surface area contributed by atoms with Crippen LogP contribution in [0, 0.1) is 0 Å². The SMILES string of the molecule is O=Cc1nnn(-c2cccc3ccccc23)c1C1CCCCC1. The van der Waals surface area contributed by atoms with Gasteiger partial charge in [0.2, 0.25) is 0 Å². The largest absolute Gasteiger partial charge is 0.296 e. The zero-order valence-electron chi connectivity index (χ0n) is 13.0. The highest BCUT2D eigenvalue weighted by molar-refractivity contribution is 5.90. The van der Waals surface area contributed by atoms with Gasteiger partial charge in [-0.05, 0) is 24.3 Å². The standard InChI is InChI=1S/C19H19N3O/c23-13-17-19(15-8-2-1-3-9-15)22(21-20-17)18-12-6-10-14-7-4-5-11-16(14)18/h4-7,10-13,15H,1-3,8-9H2. The Morgan fingerprint density at radius 2 is 1.78 bits per heavy atom. The smallest absolute Gasteiger partial charge is 0.172 e. The van der Waals surface area contributed by atoms with Crippen LogP contribution in [0.2, 0.25) is 0 Å². The van der Waals surface area contributed by atoms with E-state index in [-0.39, 0.29) is 0 Å². The van der Waals surface area contributed by atoms with Gasteiger partial charge in [0.15, 0.2) is 6.29 Å². The van der Waals surface area contributed by atoms with E-state index < -0.39 is 0 Å². The maximum absolute atomic E-state index is 11.5. The number of aromatic nitrogens is 3. The number of nitrogens with zero attached hydrogens (tertiary/aromatic N) is 3. The Bertz CT molecular complexity index is 841. The molecule has 0 bridgehead atoms. The molecule has 116 valence electrons. The predicted octanol–water partition coefficient (Wildman–Crippen LogP) is 4.28. The van der Waals surface area contributed by atoms with E-state index in [1.807, 2.05) is 22.9 Å². The molecule has 4 rings (SSSR count). The van der Waals surface area contributed by atoms with Gasteiger partial charge in [0.1, 0.15) is 5.69 Å². The van der Waals surface area contributed by atoms with Crippen LogP contribution in [0.25, 0.3) is 16.5 Å². The van der Waals surface area contributed by atoms with E-state index in [4.69, 9.17) is 0 Å². The molecule has 0 amide bonds. The third kappa shape index (κ3) is 2.44. The Hall–Kier alpha value is -2.49. The fourth-order valence-corrected chi connectivity index (χ4v) is 3.71. The summed E-state index contributed by atoms with van der Waals surface area (Å²) in [5, 5.41) is 10.8. The minimum absolute atomic E-state index is 0.373. The first kappa shape index (κ1) is 14.1. The summed E-state index contributed by atoms with van der Waals surface area (Å²) < 4.78 is 1.89. The number of rotatable bonds is 3. The van der Waals surface area contributed by atoms with Gasteiger partial charge in [-0.1, -0.05) is 60.9 Å². The van der Waals surface area contributed by atoms with Gasteiger partial charge in [-0.25, -0.2) is 4.68 Å². The highest BCUT2D eigenvalue weighted by Crippen LogP contribution is 2.35. The number of aldehydes is 1. The maximum atomic E-state index is 11.5. The third-order valence-electron chi connectivity index (χ3n) is 4.83. The summed E-state index contributed by atoms with van der Waals surface area (Å²) >= 11 is 0. The van der Waals surface area contributed by atoms with Crippen molar-refractivity contribution in [3.8, 4) is 5.69 Å². The second-order valence-electron chi connectivity index (χ2n) is 6.22. The average molecular weight is 305 g/mol. The summed E-state index contributed by atoms with van der Waals surface area (Å²) in [6, 6.07) is 14.4. The number of carbonyl (C=O) groups excluding carboxylic acids is 1. The molecule has 3 aromatic rings. The minimum atomic E-state index is 0.373. The highest BCUT2D eigenvalue weighted by atomic mass is 16.1. The molecule has 1 heterocycles. The molecule has 0 N–H and O–H groups in total. The lowest BCUT2D eigenvalue weighted by Crippen LogP contribution is -2.13. The van der Waals surface area contributed by atoms with E-state index in [1.165, 1.54) is 24.6 Å². The van der Waals surface area contributed by atoms with E-state index in [0.29, 0.717) is 11.6 Å². The molecular weight excluding hydrogens is 286 g/mol. The van der Waals surface area contributed by atoms with Crippen LogP contribution in [0.5, 0.6) is 0 Å². The van der Waals surface area contributed by atoms with Crippen molar-refractivity contribution in [3.05, 3.63) is 53.9 Å². The Labute approximate surface area is 135 Å². The normalized spacial score (nSPS) is 15.8. The van der Waals surface area contributed by atoms with Crippen molar-refractivity contribution in [2.75, 3.05) is 0 Å². The van der Waals surface area contributed by atoms with Gasteiger partial charge >= 0.3 is 0 Å². The fraction of sp³-hybridized carbons (Fsp3) is 0.316. The second kappa shape index (κ2) is 5.95. The van der Waals surface area contributed by atoms with Gasteiger partial charge in [-0.15, -0.1) is 5.10 Å². The quantitative estimate of drug-likeness (QED) is 0.678. The average Bonchev–Trinajstić information content (AvgIpc) is 3.06. The van der Waals surface area contributed by atoms with Crippen molar-refractivity contribution < 1.29 is 4.79 Å². The van der Waals surface area contributed by atoms with Crippen LogP contribution in [0.4, 0.5) is 0 Å². The Kier molecular flexibility index (Phi) is 3.66. The number of benzene rings is 2. The molecule has 1 aliphatic rings. The first-order chi connectivity index (χ1) is 11.4. The minimum Gasteiger partial charge on any atom is -0.296 e. The van der Waals surface area contributed by atoms with E-state index >= 15 is 0 Å². The molecule has 0 radical (unpaired) electrons. The van der Waals surface area contributed by atoms with Crippen molar-refractivity contribution in [2.45, 2.75) is 38.0 Å². The van der Waals surface area contributed by atoms with E-state index in [9.17, 15) is 4.79 Å². The lowest BCUT2D eigenvalue weighted by molar-refractivity contribution is 0.111. The highest BCUT2D eigenvalue weighted by Gasteiger charge is 2.25. The Morgan fingerprint density at radius 1 is 1.00 bits per heavy atom. The monoisotopic (exact) mass is 305 g/mol. The first-order valence-electron chi connectivity index (χ1n) is 8.27. The number of hydrogen-bond acceptors (Lipinski definition) is 3. The molecule has 0 atom stereocenters. The molecule has 4 heteroatoms. The summed E-state index contributed by atoms with van der Waals surface area (Å²) in [5.74, 6) is 0.373. The number of fused-ring (bicyclic) bond motifs is 1. The molecule has 1 aliphatic carbocycles. The van der Waals surface area contributed by atoms with Crippen molar-refractivity contribution in [1.82, 2.24) is 15.0 Å². The fourth-order valence-electron chi connectivity index (χ4n) is 3.71. The second-order valence-corrected chi connectivity index (χ2v) is 6.22. The van der Waals surface area contributed by atoms with Gasteiger partial charge in [0, 0.05) is 11.3 Å². The van der Waals surface area contributed by atoms with Crippen LogP contribution in [-0.2, 0) is 0 Å². The van der Waals surface area contributed by atoms with Gasteiger partial charge in [-0.2, -0.15) is 0 Å². The summed E-state index contributed by atoms with van der Waals surface area (Å²) in [4.78, 5) is 11.5. The molecular formula is C19H19N3O. The van der Waals surface area contributed by atoms with Crippen molar-refractivity contribution in [2.24, 2.45) is 0 Å². The van der Waals surface area contributed by atoms with Gasteiger partial charge in [0.05, 0.1) is 11.4 Å². The lowest BCUT2D eigenvalue weighted by atomic mass is 9.86. The van der Waals surface area contributed by atoms with E-state index in [1.54, 1.807) is 0 Å². The van der Waals surface area contributed by atoms with Crippen LogP contribution < -0.4 is 0 Å². The summed E-state index contributed by atoms with van der Waals surface area (Å²) in [5.41, 5.74) is 2.48. The molecule has 1 saturated carbocycles. The lowest BCUT2D eigenvalue weighted by Gasteiger charge is -2.22. The molecule has 23 heavy (non-hydrogen) atoms. The summed E-state index contributed by atoms with van der Waals surface area (Å²) in [6.45, 7) is 0. The van der Waals surface area contributed by atoms with Crippen LogP contribution in [0.3, 0.4) is 0 Å². The first-order valence-corrected chi connectivity index (χ1v) is 8.27. The number of hydrogen-bond donors (Lipinski definition) is 0. The molecule has 0 aliphatic heterocycles. The van der Waals surface area contributed by atoms with Gasteiger partial charge in [-0.3, -0.25) is 4.79 Å². The zero-order valence-corrected chi connectivity index (χ0v) is 13.0.